The molecule has 3 aromatic rings. The number of phenols is 1. The summed E-state index contributed by atoms with van der Waals surface area (Å²) in [6.45, 7) is 0.568. The fourth-order valence-corrected chi connectivity index (χ4v) is 5.03. The number of aromatic hydroxyl groups is 1. The van der Waals surface area contributed by atoms with Gasteiger partial charge in [-0.3, -0.25) is 14.6 Å². The number of piperidine rings is 1. The predicted octanol–water partition coefficient (Wildman–Crippen LogP) is 4.10. The van der Waals surface area contributed by atoms with Gasteiger partial charge in [-0.05, 0) is 42.5 Å². The monoisotopic (exact) mass is 439 g/mol. The summed E-state index contributed by atoms with van der Waals surface area (Å²) in [6, 6.07) is 6.14. The Morgan fingerprint density at radius 3 is 2.94 bits per heavy atom. The molecule has 1 atom stereocenters. The molecule has 2 aliphatic rings. The quantitative estimate of drug-likeness (QED) is 0.642. The number of rotatable bonds is 3. The number of phenolic OH excluding ortho intramolecular Hbond substituents is 1. The number of primary amides is 1. The van der Waals surface area contributed by atoms with Gasteiger partial charge in [0.05, 0.1) is 22.2 Å². The van der Waals surface area contributed by atoms with Crippen LogP contribution in [-0.4, -0.2) is 33.3 Å². The topological polar surface area (TPSA) is 96.5 Å². The Morgan fingerprint density at radius 2 is 2.16 bits per heavy atom. The van der Waals surface area contributed by atoms with Crippen molar-refractivity contribution >= 4 is 34.3 Å². The van der Waals surface area contributed by atoms with Gasteiger partial charge in [0.1, 0.15) is 11.3 Å². The number of benzene rings is 2. The van der Waals surface area contributed by atoms with E-state index in [2.05, 4.69) is 4.98 Å². The van der Waals surface area contributed by atoms with Gasteiger partial charge in [0, 0.05) is 30.1 Å². The van der Waals surface area contributed by atoms with Crippen LogP contribution in [0.25, 0.3) is 10.9 Å². The number of aromatic nitrogens is 1. The Hall–Kier alpha value is -3.19. The highest BCUT2D eigenvalue weighted by molar-refractivity contribution is 6.30. The molecule has 2 amide bonds. The molecule has 158 valence electrons. The average molecular weight is 440 g/mol. The lowest BCUT2D eigenvalue weighted by molar-refractivity contribution is 0.0668. The number of pyridine rings is 1. The molecule has 3 heterocycles. The van der Waals surface area contributed by atoms with Gasteiger partial charge in [-0.1, -0.05) is 23.7 Å². The van der Waals surface area contributed by atoms with Crippen molar-refractivity contribution in [1.29, 1.82) is 0 Å². The van der Waals surface area contributed by atoms with Gasteiger partial charge in [-0.25, -0.2) is 4.39 Å². The lowest BCUT2D eigenvalue weighted by Crippen LogP contribution is -2.32. The number of amides is 2. The standard InChI is InChI=1S/C23H19ClFN3O3/c24-14-5-3-4-12(19(14)25)8-11-9-13-16(22(26)30)17-15-6-1-2-7-28(15)23(31)18(17)21(29)20(13)27-10-11/h3-5,9-10,15,29H,1-2,6-8H2,(H2,26,30)/t15-/m1/s1. The van der Waals surface area contributed by atoms with E-state index in [4.69, 9.17) is 17.3 Å². The van der Waals surface area contributed by atoms with E-state index in [9.17, 15) is 19.1 Å². The van der Waals surface area contributed by atoms with Crippen molar-refractivity contribution in [2.45, 2.75) is 31.7 Å². The fraction of sp³-hybridized carbons (Fsp3) is 0.261. The van der Waals surface area contributed by atoms with Crippen LogP contribution in [0.4, 0.5) is 4.39 Å². The fourth-order valence-electron chi connectivity index (χ4n) is 4.84. The first-order valence-electron chi connectivity index (χ1n) is 10.1. The molecule has 2 aliphatic heterocycles. The minimum absolute atomic E-state index is 0.0236. The van der Waals surface area contributed by atoms with Crippen molar-refractivity contribution in [3.05, 3.63) is 69.1 Å². The molecule has 3 N–H and O–H groups in total. The molecule has 8 heteroatoms. The van der Waals surface area contributed by atoms with Crippen LogP contribution < -0.4 is 5.73 Å². The Labute approximate surface area is 182 Å². The van der Waals surface area contributed by atoms with Gasteiger partial charge in [-0.15, -0.1) is 0 Å². The zero-order valence-corrected chi connectivity index (χ0v) is 17.2. The van der Waals surface area contributed by atoms with E-state index in [0.29, 0.717) is 35.0 Å². The summed E-state index contributed by atoms with van der Waals surface area (Å²) in [4.78, 5) is 31.5. The number of fused-ring (bicyclic) bond motifs is 4. The molecule has 5 rings (SSSR count). The van der Waals surface area contributed by atoms with Gasteiger partial charge in [0.15, 0.2) is 5.75 Å². The number of nitrogens with two attached hydrogens (primary N) is 1. The Balaban J connectivity index is 1.72. The lowest BCUT2D eigenvalue weighted by atomic mass is 9.89. The first-order chi connectivity index (χ1) is 14.9. The highest BCUT2D eigenvalue weighted by atomic mass is 35.5. The second-order valence-electron chi connectivity index (χ2n) is 8.02. The first-order valence-corrected chi connectivity index (χ1v) is 10.5. The summed E-state index contributed by atoms with van der Waals surface area (Å²) >= 11 is 5.88. The number of carbonyl (C=O) groups is 2. The van der Waals surface area contributed by atoms with E-state index >= 15 is 0 Å². The molecule has 0 spiro atoms. The predicted molar refractivity (Wildman–Crippen MR) is 114 cm³/mol. The maximum absolute atomic E-state index is 14.4. The van der Waals surface area contributed by atoms with E-state index in [1.54, 1.807) is 23.1 Å². The molecule has 1 saturated heterocycles. The zero-order chi connectivity index (χ0) is 21.9. The first kappa shape index (κ1) is 19.8. The molecule has 1 fully saturated rings. The minimum atomic E-state index is -0.686. The van der Waals surface area contributed by atoms with Crippen LogP contribution in [0.1, 0.15) is 62.7 Å². The Kier molecular flexibility index (Phi) is 4.59. The maximum Gasteiger partial charge on any atom is 0.258 e. The molecule has 31 heavy (non-hydrogen) atoms. The molecule has 0 saturated carbocycles. The highest BCUT2D eigenvalue weighted by Gasteiger charge is 2.43. The van der Waals surface area contributed by atoms with Gasteiger partial charge in [0.25, 0.3) is 5.91 Å². The Bertz CT molecular complexity index is 1280. The molecule has 0 unspecified atom stereocenters. The average Bonchev–Trinajstić information content (AvgIpc) is 3.04. The van der Waals surface area contributed by atoms with Crippen LogP contribution in [0, 0.1) is 5.82 Å². The number of hydrogen-bond acceptors (Lipinski definition) is 4. The second kappa shape index (κ2) is 7.20. The zero-order valence-electron chi connectivity index (χ0n) is 16.5. The molecule has 2 aromatic carbocycles. The molecule has 0 radical (unpaired) electrons. The van der Waals surface area contributed by atoms with Crippen molar-refractivity contribution in [2.24, 2.45) is 5.73 Å². The van der Waals surface area contributed by atoms with Crippen LogP contribution in [0.5, 0.6) is 5.75 Å². The summed E-state index contributed by atoms with van der Waals surface area (Å²) in [5.74, 6) is -1.74. The highest BCUT2D eigenvalue weighted by Crippen LogP contribution is 2.48. The Morgan fingerprint density at radius 1 is 1.35 bits per heavy atom. The largest absolute Gasteiger partial charge is 0.505 e. The summed E-state index contributed by atoms with van der Waals surface area (Å²) in [5.41, 5.74) is 7.71. The van der Waals surface area contributed by atoms with Gasteiger partial charge in [0.2, 0.25) is 5.91 Å². The normalized spacial score (nSPS) is 17.7. The summed E-state index contributed by atoms with van der Waals surface area (Å²) in [7, 11) is 0. The number of halogens is 2. The third kappa shape index (κ3) is 2.95. The van der Waals surface area contributed by atoms with Crippen molar-refractivity contribution < 1.29 is 19.1 Å². The van der Waals surface area contributed by atoms with E-state index in [1.165, 1.54) is 12.3 Å². The van der Waals surface area contributed by atoms with Crippen LogP contribution in [0.3, 0.4) is 0 Å². The second-order valence-corrected chi connectivity index (χ2v) is 8.42. The van der Waals surface area contributed by atoms with Crippen LogP contribution in [-0.2, 0) is 6.42 Å². The van der Waals surface area contributed by atoms with Gasteiger partial charge >= 0.3 is 0 Å². The lowest BCUT2D eigenvalue weighted by Gasteiger charge is -2.30. The van der Waals surface area contributed by atoms with E-state index in [1.807, 2.05) is 0 Å². The molecule has 1 aromatic heterocycles. The van der Waals surface area contributed by atoms with Crippen LogP contribution in [0.2, 0.25) is 5.02 Å². The summed E-state index contributed by atoms with van der Waals surface area (Å²) in [5, 5.41) is 11.3. The maximum atomic E-state index is 14.4. The van der Waals surface area contributed by atoms with Crippen molar-refractivity contribution in [3.63, 3.8) is 0 Å². The summed E-state index contributed by atoms with van der Waals surface area (Å²) in [6.07, 6.45) is 4.17. The molecule has 6 nitrogen and oxygen atoms in total. The number of hydrogen-bond donors (Lipinski definition) is 2. The van der Waals surface area contributed by atoms with Crippen LogP contribution >= 0.6 is 11.6 Å². The number of carbonyl (C=O) groups excluding carboxylic acids is 2. The van der Waals surface area contributed by atoms with Gasteiger partial charge in [-0.2, -0.15) is 0 Å². The third-order valence-electron chi connectivity index (χ3n) is 6.20. The number of nitrogens with zero attached hydrogens (tertiary/aromatic N) is 2. The smallest absolute Gasteiger partial charge is 0.258 e. The third-order valence-corrected chi connectivity index (χ3v) is 6.49. The van der Waals surface area contributed by atoms with Crippen molar-refractivity contribution in [2.75, 3.05) is 6.54 Å². The molecule has 0 aliphatic carbocycles. The van der Waals surface area contributed by atoms with Crippen LogP contribution in [0.15, 0.2) is 30.5 Å². The molecular formula is C23H19ClFN3O3. The van der Waals surface area contributed by atoms with E-state index in [0.717, 1.165) is 12.8 Å². The molecular weight excluding hydrogens is 421 g/mol. The van der Waals surface area contributed by atoms with Gasteiger partial charge < -0.3 is 15.7 Å². The van der Waals surface area contributed by atoms with E-state index < -0.39 is 11.7 Å². The summed E-state index contributed by atoms with van der Waals surface area (Å²) < 4.78 is 14.4. The van der Waals surface area contributed by atoms with Crippen molar-refractivity contribution in [3.8, 4) is 5.75 Å². The molecule has 0 bridgehead atoms. The SMILES string of the molecule is NC(=O)c1c2c(c(O)c3ncc(Cc4cccc(Cl)c4F)cc13)C(=O)N1CCCC[C@H]21. The minimum Gasteiger partial charge on any atom is -0.505 e. The van der Waals surface area contributed by atoms with Crippen molar-refractivity contribution in [1.82, 2.24) is 9.88 Å². The van der Waals surface area contributed by atoms with E-state index in [-0.39, 0.29) is 45.8 Å².